The van der Waals surface area contributed by atoms with Crippen LogP contribution in [0.15, 0.2) is 36.0 Å². The number of rotatable bonds is 9. The Hall–Kier alpha value is -2.16. The van der Waals surface area contributed by atoms with Crippen LogP contribution in [0.5, 0.6) is 0 Å². The number of ether oxygens (including phenoxy) is 2. The van der Waals surface area contributed by atoms with Crippen LogP contribution < -0.4 is 10.6 Å². The number of aliphatic hydroxyl groups is 2. The standard InChI is InChI=1S/C27H44N2O6/c1-19(7-14-23-16-27(33,18-30)17-26(3,4)35-23)6-9-21-10-12-22(13-11-21)29-24(31)15-8-20(2)34-25(32)28-5/h6-8,14-15,20-23,30,33H,9-13,16-18H2,1-5H3,(H,28,32)(H,29,31)/b14-7+,15-8-,19-6+/t20-,21-,22+,23+,27+/m0/s1. The number of amides is 2. The van der Waals surface area contributed by atoms with Gasteiger partial charge in [-0.1, -0.05) is 23.8 Å². The molecule has 1 aliphatic heterocycles. The molecule has 198 valence electrons. The van der Waals surface area contributed by atoms with E-state index in [9.17, 15) is 19.8 Å². The molecule has 8 nitrogen and oxygen atoms in total. The molecule has 35 heavy (non-hydrogen) atoms. The fourth-order valence-corrected chi connectivity index (χ4v) is 4.92. The predicted molar refractivity (Wildman–Crippen MR) is 136 cm³/mol. The van der Waals surface area contributed by atoms with Gasteiger partial charge in [-0.2, -0.15) is 0 Å². The van der Waals surface area contributed by atoms with Crippen molar-refractivity contribution < 1.29 is 29.3 Å². The molecule has 1 saturated carbocycles. The van der Waals surface area contributed by atoms with Gasteiger partial charge in [0.15, 0.2) is 0 Å². The topological polar surface area (TPSA) is 117 Å². The van der Waals surface area contributed by atoms with Crippen LogP contribution in [0.2, 0.25) is 0 Å². The number of alkyl carbamates (subject to hydrolysis) is 1. The summed E-state index contributed by atoms with van der Waals surface area (Å²) >= 11 is 0. The molecule has 1 aliphatic carbocycles. The van der Waals surface area contributed by atoms with Crippen molar-refractivity contribution >= 4 is 12.0 Å². The predicted octanol–water partition coefficient (Wildman–Crippen LogP) is 3.54. The highest BCUT2D eigenvalue weighted by Crippen LogP contribution is 2.36. The molecule has 2 amide bonds. The second-order valence-electron chi connectivity index (χ2n) is 10.7. The first-order chi connectivity index (χ1) is 16.4. The van der Waals surface area contributed by atoms with Crippen molar-refractivity contribution in [2.45, 2.75) is 102 Å². The molecular formula is C27H44N2O6. The van der Waals surface area contributed by atoms with E-state index in [4.69, 9.17) is 9.47 Å². The zero-order valence-electron chi connectivity index (χ0n) is 21.9. The van der Waals surface area contributed by atoms with Gasteiger partial charge in [0.25, 0.3) is 0 Å². The molecule has 1 heterocycles. The Morgan fingerprint density at radius 2 is 1.89 bits per heavy atom. The van der Waals surface area contributed by atoms with E-state index >= 15 is 0 Å². The lowest BCUT2D eigenvalue weighted by Gasteiger charge is -2.44. The third-order valence-corrected chi connectivity index (χ3v) is 6.66. The van der Waals surface area contributed by atoms with Gasteiger partial charge in [0.2, 0.25) is 5.91 Å². The van der Waals surface area contributed by atoms with Crippen LogP contribution in [0, 0.1) is 5.92 Å². The number of hydrogen-bond acceptors (Lipinski definition) is 6. The summed E-state index contributed by atoms with van der Waals surface area (Å²) in [5.41, 5.74) is -0.433. The number of allylic oxidation sites excluding steroid dienone is 3. The van der Waals surface area contributed by atoms with E-state index in [2.05, 4.69) is 23.6 Å². The summed E-state index contributed by atoms with van der Waals surface area (Å²) in [5, 5.41) is 25.6. The molecule has 8 heteroatoms. The highest BCUT2D eigenvalue weighted by molar-refractivity contribution is 5.87. The van der Waals surface area contributed by atoms with Gasteiger partial charge in [-0.25, -0.2) is 4.79 Å². The van der Waals surface area contributed by atoms with Gasteiger partial charge in [0.05, 0.1) is 23.9 Å². The van der Waals surface area contributed by atoms with Gasteiger partial charge in [0, 0.05) is 32.0 Å². The second kappa shape index (κ2) is 13.2. The van der Waals surface area contributed by atoms with Gasteiger partial charge >= 0.3 is 6.09 Å². The number of carbonyl (C=O) groups is 2. The molecule has 2 aliphatic rings. The quantitative estimate of drug-likeness (QED) is 0.289. The van der Waals surface area contributed by atoms with Crippen molar-refractivity contribution in [1.29, 1.82) is 0 Å². The van der Waals surface area contributed by atoms with Crippen LogP contribution in [0.3, 0.4) is 0 Å². The van der Waals surface area contributed by atoms with Gasteiger partial charge < -0.3 is 30.3 Å². The van der Waals surface area contributed by atoms with E-state index in [0.717, 1.165) is 37.7 Å². The molecule has 3 atom stereocenters. The first kappa shape index (κ1) is 29.1. The highest BCUT2D eigenvalue weighted by Gasteiger charge is 2.42. The monoisotopic (exact) mass is 492 g/mol. The number of carbonyl (C=O) groups excluding carboxylic acids is 2. The molecular weight excluding hydrogens is 448 g/mol. The van der Waals surface area contributed by atoms with E-state index < -0.39 is 23.4 Å². The van der Waals surface area contributed by atoms with Crippen molar-refractivity contribution in [3.05, 3.63) is 36.0 Å². The number of nitrogens with one attached hydrogen (secondary N) is 2. The van der Waals surface area contributed by atoms with Crippen LogP contribution in [-0.2, 0) is 14.3 Å². The Labute approximate surface area is 209 Å². The van der Waals surface area contributed by atoms with Gasteiger partial charge in [-0.3, -0.25) is 4.79 Å². The average Bonchev–Trinajstić information content (AvgIpc) is 2.79. The zero-order chi connectivity index (χ0) is 26.1. The molecule has 0 radical (unpaired) electrons. The van der Waals surface area contributed by atoms with Crippen molar-refractivity contribution in [1.82, 2.24) is 10.6 Å². The summed E-state index contributed by atoms with van der Waals surface area (Å²) in [5.74, 6) is 0.426. The highest BCUT2D eigenvalue weighted by atomic mass is 16.6. The zero-order valence-corrected chi connectivity index (χ0v) is 21.9. The van der Waals surface area contributed by atoms with Crippen molar-refractivity contribution in [3.63, 3.8) is 0 Å². The lowest BCUT2D eigenvalue weighted by atomic mass is 9.82. The Kier molecular flexibility index (Phi) is 11.0. The van der Waals surface area contributed by atoms with Gasteiger partial charge in [0.1, 0.15) is 6.10 Å². The average molecular weight is 493 g/mol. The Morgan fingerprint density at radius 1 is 1.20 bits per heavy atom. The van der Waals surface area contributed by atoms with Crippen molar-refractivity contribution in [2.75, 3.05) is 13.7 Å². The Bertz CT molecular complexity index is 797. The maximum Gasteiger partial charge on any atom is 0.407 e. The molecule has 0 aromatic rings. The fourth-order valence-electron chi connectivity index (χ4n) is 4.92. The van der Waals surface area contributed by atoms with E-state index in [-0.39, 0.29) is 24.7 Å². The molecule has 2 fully saturated rings. The van der Waals surface area contributed by atoms with Crippen LogP contribution in [-0.4, -0.2) is 65.3 Å². The maximum atomic E-state index is 12.2. The van der Waals surface area contributed by atoms with E-state index in [1.54, 1.807) is 13.0 Å². The van der Waals surface area contributed by atoms with Crippen LogP contribution in [0.1, 0.15) is 72.6 Å². The molecule has 0 bridgehead atoms. The summed E-state index contributed by atoms with van der Waals surface area (Å²) in [6.07, 6.45) is 13.8. The van der Waals surface area contributed by atoms with E-state index in [1.807, 2.05) is 26.0 Å². The molecule has 0 aromatic heterocycles. The van der Waals surface area contributed by atoms with Crippen LogP contribution in [0.25, 0.3) is 0 Å². The van der Waals surface area contributed by atoms with Crippen molar-refractivity contribution in [2.24, 2.45) is 5.92 Å². The first-order valence-corrected chi connectivity index (χ1v) is 12.7. The lowest BCUT2D eigenvalue weighted by Crippen LogP contribution is -2.51. The Balaban J connectivity index is 1.73. The van der Waals surface area contributed by atoms with Crippen LogP contribution >= 0.6 is 0 Å². The van der Waals surface area contributed by atoms with Gasteiger partial charge in [-0.05, 0) is 71.8 Å². The maximum absolute atomic E-state index is 12.2. The summed E-state index contributed by atoms with van der Waals surface area (Å²) < 4.78 is 11.1. The van der Waals surface area contributed by atoms with Gasteiger partial charge in [-0.15, -0.1) is 0 Å². The summed E-state index contributed by atoms with van der Waals surface area (Å²) in [6, 6.07) is 0.167. The third-order valence-electron chi connectivity index (χ3n) is 6.66. The molecule has 1 saturated heterocycles. The SMILES string of the molecule is CNC(=O)O[C@@H](C)/C=C\C(=O)N[C@H]1CC[C@@H](C/C=C(C)/C=C/[C@@H]2C[C@](O)(CO)CC(C)(C)O2)CC1. The number of hydrogen-bond donors (Lipinski definition) is 4. The minimum absolute atomic E-state index is 0.164. The Morgan fingerprint density at radius 3 is 2.51 bits per heavy atom. The fraction of sp³-hybridized carbons (Fsp3) is 0.704. The molecule has 0 unspecified atom stereocenters. The molecule has 4 N–H and O–H groups in total. The summed E-state index contributed by atoms with van der Waals surface area (Å²) in [6.45, 7) is 7.38. The molecule has 0 spiro atoms. The number of aliphatic hydroxyl groups excluding tert-OH is 1. The molecule has 2 rings (SSSR count). The van der Waals surface area contributed by atoms with Crippen molar-refractivity contribution in [3.8, 4) is 0 Å². The smallest absolute Gasteiger partial charge is 0.407 e. The largest absolute Gasteiger partial charge is 0.442 e. The third kappa shape index (κ3) is 10.5. The van der Waals surface area contributed by atoms with E-state index in [1.165, 1.54) is 13.1 Å². The van der Waals surface area contributed by atoms with Crippen LogP contribution in [0.4, 0.5) is 4.79 Å². The second-order valence-corrected chi connectivity index (χ2v) is 10.7. The summed E-state index contributed by atoms with van der Waals surface area (Å²) in [7, 11) is 1.49. The van der Waals surface area contributed by atoms with E-state index in [0.29, 0.717) is 18.8 Å². The first-order valence-electron chi connectivity index (χ1n) is 12.7. The minimum atomic E-state index is -1.10. The summed E-state index contributed by atoms with van der Waals surface area (Å²) in [4.78, 5) is 23.3. The molecule has 0 aromatic carbocycles. The lowest BCUT2D eigenvalue weighted by molar-refractivity contribution is -0.180. The normalized spacial score (nSPS) is 30.3. The minimum Gasteiger partial charge on any atom is -0.442 e.